The molecule has 29 heavy (non-hydrogen) atoms. The van der Waals surface area contributed by atoms with Crippen LogP contribution in [-0.2, 0) is 9.53 Å². The molecule has 0 aromatic heterocycles. The minimum absolute atomic E-state index is 0.0384. The molecule has 3 aliphatic carbocycles. The van der Waals surface area contributed by atoms with Crippen LogP contribution in [-0.4, -0.2) is 46.2 Å². The number of methoxy groups -OCH3 is 1. The molecule has 5 nitrogen and oxygen atoms in total. The highest BCUT2D eigenvalue weighted by atomic mass is 16.5. The van der Waals surface area contributed by atoms with Crippen LogP contribution in [0.4, 0.5) is 0 Å². The van der Waals surface area contributed by atoms with Crippen LogP contribution >= 0.6 is 0 Å². The molecule has 164 valence electrons. The number of ether oxygens (including phenoxy) is 1. The van der Waals surface area contributed by atoms with Crippen molar-refractivity contribution in [2.45, 2.75) is 88.9 Å². The lowest BCUT2D eigenvalue weighted by molar-refractivity contribution is -0.168. The Balaban J connectivity index is 1.77. The fourth-order valence-corrected chi connectivity index (χ4v) is 6.24. The highest BCUT2D eigenvalue weighted by Gasteiger charge is 2.62. The number of fused-ring (bicyclic) bond motifs is 1. The summed E-state index contributed by atoms with van der Waals surface area (Å²) < 4.78 is 6.06. The molecule has 0 aromatic carbocycles. The number of carboxylic acid groups (broad SMARTS) is 1. The van der Waals surface area contributed by atoms with Crippen LogP contribution in [0.3, 0.4) is 0 Å². The molecule has 0 heterocycles. The number of carboxylic acids is 1. The molecule has 0 aliphatic heterocycles. The largest absolute Gasteiger partial charge is 0.481 e. The van der Waals surface area contributed by atoms with Gasteiger partial charge < -0.3 is 20.1 Å². The molecule has 0 amide bonds. The van der Waals surface area contributed by atoms with E-state index >= 15 is 0 Å². The molecule has 5 heteroatoms. The van der Waals surface area contributed by atoms with E-state index < -0.39 is 23.8 Å². The van der Waals surface area contributed by atoms with Crippen LogP contribution in [0.25, 0.3) is 0 Å². The summed E-state index contributed by atoms with van der Waals surface area (Å²) in [6.45, 7) is 2.15. The molecular weight excluding hydrogens is 368 g/mol. The van der Waals surface area contributed by atoms with Gasteiger partial charge in [-0.2, -0.15) is 0 Å². The van der Waals surface area contributed by atoms with Crippen LogP contribution < -0.4 is 0 Å². The average molecular weight is 407 g/mol. The summed E-state index contributed by atoms with van der Waals surface area (Å²) in [5.74, 6) is -0.0209. The number of carbonyl (C=O) groups is 1. The van der Waals surface area contributed by atoms with E-state index in [-0.39, 0.29) is 18.3 Å². The standard InChI is InChI=1S/C24H38O5/c1-3-17-19(10-7-11-22(27)28)24(29-2)15-14-21(26)18(23(17)24)12-13-20(25)16-8-5-4-6-9-16/h10,12-13,16-18,20-21,23,25-26H,3-9,11,14-15H2,1-2H3,(H,27,28)/b13-12+,19-10?/t17?,18-,20?,21+,23+,24-/m1/s1. The third-order valence-corrected chi connectivity index (χ3v) is 7.72. The summed E-state index contributed by atoms with van der Waals surface area (Å²) in [6, 6.07) is 0. The minimum atomic E-state index is -0.784. The van der Waals surface area contributed by atoms with Gasteiger partial charge in [0, 0.05) is 25.4 Å². The lowest BCUT2D eigenvalue weighted by atomic mass is 9.47. The van der Waals surface area contributed by atoms with E-state index in [1.54, 1.807) is 7.11 Å². The summed E-state index contributed by atoms with van der Waals surface area (Å²) in [4.78, 5) is 10.9. The Labute approximate surface area is 174 Å². The van der Waals surface area contributed by atoms with Crippen molar-refractivity contribution in [1.82, 2.24) is 0 Å². The van der Waals surface area contributed by atoms with Gasteiger partial charge in [0.1, 0.15) is 0 Å². The zero-order valence-corrected chi connectivity index (χ0v) is 17.9. The molecule has 0 bridgehead atoms. The van der Waals surface area contributed by atoms with Crippen molar-refractivity contribution in [3.8, 4) is 0 Å². The third kappa shape index (κ3) is 4.47. The molecule has 6 atom stereocenters. The van der Waals surface area contributed by atoms with Gasteiger partial charge >= 0.3 is 5.97 Å². The monoisotopic (exact) mass is 406 g/mol. The van der Waals surface area contributed by atoms with Gasteiger partial charge in [0.15, 0.2) is 0 Å². The summed E-state index contributed by atoms with van der Waals surface area (Å²) in [5.41, 5.74) is 0.815. The second-order valence-corrected chi connectivity index (χ2v) is 9.18. The van der Waals surface area contributed by atoms with Gasteiger partial charge in [0.2, 0.25) is 0 Å². The second kappa shape index (κ2) is 9.76. The topological polar surface area (TPSA) is 87.0 Å². The maximum Gasteiger partial charge on any atom is 0.303 e. The molecule has 2 unspecified atom stereocenters. The number of aliphatic carboxylic acids is 1. The third-order valence-electron chi connectivity index (χ3n) is 7.72. The van der Waals surface area contributed by atoms with Crippen molar-refractivity contribution in [3.63, 3.8) is 0 Å². The Bertz CT molecular complexity index is 621. The van der Waals surface area contributed by atoms with Crippen molar-refractivity contribution in [2.75, 3.05) is 7.11 Å². The Morgan fingerprint density at radius 1 is 1.28 bits per heavy atom. The Kier molecular flexibility index (Phi) is 7.58. The molecule has 3 aliphatic rings. The SMILES string of the molecule is CCC1C(=CCCC(=O)O)[C@]2(OC)CC[C@H](O)[C@@H](/C=C/C(O)C3CCCCC3)[C@H]12. The first-order chi connectivity index (χ1) is 13.9. The zero-order chi connectivity index (χ0) is 21.0. The average Bonchev–Trinajstić information content (AvgIpc) is 2.72. The van der Waals surface area contributed by atoms with Crippen LogP contribution in [0, 0.1) is 23.7 Å². The van der Waals surface area contributed by atoms with Gasteiger partial charge in [-0.1, -0.05) is 44.4 Å². The van der Waals surface area contributed by atoms with Gasteiger partial charge in [-0.05, 0) is 55.9 Å². The van der Waals surface area contributed by atoms with Gasteiger partial charge in [0.05, 0.1) is 17.8 Å². The number of aliphatic hydroxyl groups is 2. The number of rotatable bonds is 8. The van der Waals surface area contributed by atoms with Crippen molar-refractivity contribution in [2.24, 2.45) is 23.7 Å². The Hall–Kier alpha value is -1.17. The molecule has 3 N–H and O–H groups in total. The van der Waals surface area contributed by atoms with Crippen molar-refractivity contribution in [1.29, 1.82) is 0 Å². The van der Waals surface area contributed by atoms with Gasteiger partial charge in [-0.3, -0.25) is 4.79 Å². The summed E-state index contributed by atoms with van der Waals surface area (Å²) in [6.07, 6.45) is 14.0. The Morgan fingerprint density at radius 2 is 2.00 bits per heavy atom. The van der Waals surface area contributed by atoms with E-state index in [1.807, 2.05) is 6.08 Å². The lowest BCUT2D eigenvalue weighted by Crippen LogP contribution is -2.64. The smallest absolute Gasteiger partial charge is 0.303 e. The summed E-state index contributed by atoms with van der Waals surface area (Å²) in [5, 5.41) is 30.4. The summed E-state index contributed by atoms with van der Waals surface area (Å²) >= 11 is 0. The van der Waals surface area contributed by atoms with Crippen molar-refractivity contribution >= 4 is 5.97 Å². The first-order valence-electron chi connectivity index (χ1n) is 11.5. The van der Waals surface area contributed by atoms with E-state index in [9.17, 15) is 15.0 Å². The first-order valence-corrected chi connectivity index (χ1v) is 11.5. The molecule has 0 spiro atoms. The molecule has 3 fully saturated rings. The van der Waals surface area contributed by atoms with Gasteiger partial charge in [-0.25, -0.2) is 0 Å². The predicted octanol–water partition coefficient (Wildman–Crippen LogP) is 4.09. The fourth-order valence-electron chi connectivity index (χ4n) is 6.24. The number of hydrogen-bond acceptors (Lipinski definition) is 4. The normalized spacial score (nSPS) is 38.0. The highest BCUT2D eigenvalue weighted by Crippen LogP contribution is 2.61. The maximum absolute atomic E-state index is 10.9. The quantitative estimate of drug-likeness (QED) is 0.529. The van der Waals surface area contributed by atoms with Crippen LogP contribution in [0.2, 0.25) is 0 Å². The minimum Gasteiger partial charge on any atom is -0.481 e. The lowest BCUT2D eigenvalue weighted by Gasteiger charge is -2.62. The molecule has 3 rings (SSSR count). The van der Waals surface area contributed by atoms with Crippen LogP contribution in [0.5, 0.6) is 0 Å². The number of aliphatic hydroxyl groups excluding tert-OH is 2. The van der Waals surface area contributed by atoms with Crippen LogP contribution in [0.15, 0.2) is 23.8 Å². The molecule has 3 saturated carbocycles. The number of hydrogen-bond donors (Lipinski definition) is 3. The van der Waals surface area contributed by atoms with E-state index in [0.29, 0.717) is 24.7 Å². The van der Waals surface area contributed by atoms with Gasteiger partial charge in [-0.15, -0.1) is 0 Å². The van der Waals surface area contributed by atoms with Crippen LogP contribution in [0.1, 0.15) is 71.1 Å². The van der Waals surface area contributed by atoms with E-state index in [2.05, 4.69) is 19.1 Å². The van der Waals surface area contributed by atoms with Crippen molar-refractivity contribution < 1.29 is 24.9 Å². The van der Waals surface area contributed by atoms with Crippen molar-refractivity contribution in [3.05, 3.63) is 23.8 Å². The molecule has 0 aromatic rings. The summed E-state index contributed by atoms with van der Waals surface area (Å²) in [7, 11) is 1.74. The Morgan fingerprint density at radius 3 is 2.62 bits per heavy atom. The van der Waals surface area contributed by atoms with Gasteiger partial charge in [0.25, 0.3) is 0 Å². The first kappa shape index (κ1) is 22.5. The number of allylic oxidation sites excluding steroid dienone is 1. The van der Waals surface area contributed by atoms with E-state index in [1.165, 1.54) is 24.8 Å². The molecular formula is C24H38O5. The van der Waals surface area contributed by atoms with E-state index in [0.717, 1.165) is 25.7 Å². The zero-order valence-electron chi connectivity index (χ0n) is 17.9. The maximum atomic E-state index is 10.9. The molecule has 0 saturated heterocycles. The molecule has 0 radical (unpaired) electrons. The highest BCUT2D eigenvalue weighted by molar-refractivity contribution is 5.66. The van der Waals surface area contributed by atoms with E-state index in [4.69, 9.17) is 9.84 Å². The second-order valence-electron chi connectivity index (χ2n) is 9.18. The fraction of sp³-hybridized carbons (Fsp3) is 0.792. The predicted molar refractivity (Wildman–Crippen MR) is 112 cm³/mol.